The molecule has 0 radical (unpaired) electrons. The van der Waals surface area contributed by atoms with E-state index in [9.17, 15) is 14.7 Å². The molecule has 3 N–H and O–H groups in total. The van der Waals surface area contributed by atoms with Crippen molar-refractivity contribution in [1.82, 2.24) is 20.3 Å². The van der Waals surface area contributed by atoms with Gasteiger partial charge in [-0.1, -0.05) is 23.7 Å². The molecule has 9 heteroatoms. The van der Waals surface area contributed by atoms with Gasteiger partial charge in [-0.05, 0) is 42.5 Å². The number of imidazole rings is 1. The summed E-state index contributed by atoms with van der Waals surface area (Å²) in [4.78, 5) is 36.8. The number of aliphatic carboxylic acids is 1. The smallest absolute Gasteiger partial charge is 0.327 e. The Bertz CT molecular complexity index is 1250. The number of carbonyl (C=O) groups is 2. The number of fused-ring (bicyclic) bond motifs is 1. The summed E-state index contributed by atoms with van der Waals surface area (Å²) in [5.41, 5.74) is 2.59. The van der Waals surface area contributed by atoms with Crippen molar-refractivity contribution >= 4 is 46.3 Å². The van der Waals surface area contributed by atoms with E-state index < -0.39 is 17.9 Å². The predicted molar refractivity (Wildman–Crippen MR) is 120 cm³/mol. The van der Waals surface area contributed by atoms with E-state index in [4.69, 9.17) is 11.6 Å². The minimum Gasteiger partial charge on any atom is -0.480 e. The first-order chi connectivity index (χ1) is 15.0. The second-order valence-corrected chi connectivity index (χ2v) is 8.13. The molecule has 1 amide bonds. The predicted octanol–water partition coefficient (Wildman–Crippen LogP) is 4.25. The van der Waals surface area contributed by atoms with Crippen LogP contribution in [0.2, 0.25) is 5.02 Å². The number of carboxylic acid groups (broad SMARTS) is 1. The Labute approximate surface area is 186 Å². The average Bonchev–Trinajstić information content (AvgIpc) is 3.21. The second-order valence-electron chi connectivity index (χ2n) is 6.66. The Kier molecular flexibility index (Phi) is 6.20. The number of nitrogens with one attached hydrogen (secondary N) is 2. The molecular weight excluding hydrogens is 436 g/mol. The van der Waals surface area contributed by atoms with Gasteiger partial charge < -0.3 is 15.4 Å². The zero-order valence-electron chi connectivity index (χ0n) is 16.1. The minimum absolute atomic E-state index is 0.142. The first-order valence-electron chi connectivity index (χ1n) is 9.32. The molecule has 4 rings (SSSR count). The maximum Gasteiger partial charge on any atom is 0.327 e. The maximum absolute atomic E-state index is 12.7. The maximum atomic E-state index is 12.7. The quantitative estimate of drug-likeness (QED) is 0.362. The van der Waals surface area contributed by atoms with Gasteiger partial charge in [0, 0.05) is 34.2 Å². The standard InChI is InChI=1S/C22H17ClN4O3S/c23-15-3-1-2-4-19(15)31-12-18(22(29)30)27-21(28)14-5-6-16-17(11-14)26-20(25-16)13-7-9-24-10-8-13/h1-11,18H,12H2,(H,25,26)(H,27,28)(H,29,30)/t18-/m0/s1. The summed E-state index contributed by atoms with van der Waals surface area (Å²) in [5, 5.41) is 12.7. The van der Waals surface area contributed by atoms with Crippen molar-refractivity contribution in [3.8, 4) is 11.4 Å². The summed E-state index contributed by atoms with van der Waals surface area (Å²) in [6.45, 7) is 0. The lowest BCUT2D eigenvalue weighted by Crippen LogP contribution is -2.42. The molecule has 0 saturated carbocycles. The van der Waals surface area contributed by atoms with E-state index in [2.05, 4.69) is 20.3 Å². The molecule has 31 heavy (non-hydrogen) atoms. The lowest BCUT2D eigenvalue weighted by atomic mass is 10.2. The van der Waals surface area contributed by atoms with Gasteiger partial charge in [0.15, 0.2) is 0 Å². The molecule has 7 nitrogen and oxygen atoms in total. The third-order valence-corrected chi connectivity index (χ3v) is 6.15. The Morgan fingerprint density at radius 1 is 1.13 bits per heavy atom. The summed E-state index contributed by atoms with van der Waals surface area (Å²) in [6.07, 6.45) is 3.35. The van der Waals surface area contributed by atoms with Crippen molar-refractivity contribution in [3.63, 3.8) is 0 Å². The highest BCUT2D eigenvalue weighted by Crippen LogP contribution is 2.27. The van der Waals surface area contributed by atoms with Gasteiger partial charge >= 0.3 is 5.97 Å². The van der Waals surface area contributed by atoms with Crippen molar-refractivity contribution in [2.24, 2.45) is 0 Å². The van der Waals surface area contributed by atoms with Crippen LogP contribution in [0.4, 0.5) is 0 Å². The van der Waals surface area contributed by atoms with Crippen LogP contribution < -0.4 is 5.32 Å². The molecule has 1 atom stereocenters. The van der Waals surface area contributed by atoms with E-state index >= 15 is 0 Å². The number of thioether (sulfide) groups is 1. The first kappa shape index (κ1) is 20.9. The number of nitrogens with zero attached hydrogens (tertiary/aromatic N) is 2. The highest BCUT2D eigenvalue weighted by Gasteiger charge is 2.22. The number of carbonyl (C=O) groups excluding carboxylic acids is 1. The van der Waals surface area contributed by atoms with Crippen molar-refractivity contribution < 1.29 is 14.7 Å². The number of rotatable bonds is 7. The fourth-order valence-electron chi connectivity index (χ4n) is 2.95. The Hall–Kier alpha value is -3.36. The number of halogens is 1. The van der Waals surface area contributed by atoms with Crippen molar-refractivity contribution in [3.05, 3.63) is 77.6 Å². The minimum atomic E-state index is -1.12. The second kappa shape index (κ2) is 9.20. The van der Waals surface area contributed by atoms with Crippen LogP contribution in [-0.2, 0) is 4.79 Å². The highest BCUT2D eigenvalue weighted by molar-refractivity contribution is 7.99. The molecule has 0 fully saturated rings. The van der Waals surface area contributed by atoms with Crippen LogP contribution in [0.5, 0.6) is 0 Å². The monoisotopic (exact) mass is 452 g/mol. The molecule has 0 aliphatic heterocycles. The summed E-state index contributed by atoms with van der Waals surface area (Å²) < 4.78 is 0. The third-order valence-electron chi connectivity index (χ3n) is 4.54. The van der Waals surface area contributed by atoms with Crippen LogP contribution in [0.3, 0.4) is 0 Å². The zero-order valence-corrected chi connectivity index (χ0v) is 17.7. The molecule has 0 unspecified atom stereocenters. The van der Waals surface area contributed by atoms with Gasteiger partial charge in [-0.15, -0.1) is 11.8 Å². The molecule has 0 bridgehead atoms. The lowest BCUT2D eigenvalue weighted by Gasteiger charge is -2.14. The number of aromatic nitrogens is 3. The summed E-state index contributed by atoms with van der Waals surface area (Å²) in [5.74, 6) is -0.789. The fraction of sp³-hybridized carbons (Fsp3) is 0.0909. The van der Waals surface area contributed by atoms with Crippen LogP contribution in [-0.4, -0.2) is 43.7 Å². The number of pyridine rings is 1. The summed E-state index contributed by atoms with van der Waals surface area (Å²) in [7, 11) is 0. The van der Waals surface area contributed by atoms with Crippen molar-refractivity contribution in [2.45, 2.75) is 10.9 Å². The molecule has 0 saturated heterocycles. The van der Waals surface area contributed by atoms with Crippen LogP contribution in [0.15, 0.2) is 71.9 Å². The number of benzene rings is 2. The van der Waals surface area contributed by atoms with E-state index in [-0.39, 0.29) is 5.75 Å². The van der Waals surface area contributed by atoms with E-state index in [1.807, 2.05) is 18.2 Å². The molecule has 0 aliphatic carbocycles. The number of H-pyrrole nitrogens is 1. The summed E-state index contributed by atoms with van der Waals surface area (Å²) >= 11 is 7.40. The van der Waals surface area contributed by atoms with Gasteiger partial charge in [0.2, 0.25) is 0 Å². The molecule has 2 aromatic carbocycles. The van der Waals surface area contributed by atoms with Crippen LogP contribution in [0.25, 0.3) is 22.4 Å². The van der Waals surface area contributed by atoms with Crippen LogP contribution in [0.1, 0.15) is 10.4 Å². The highest BCUT2D eigenvalue weighted by atomic mass is 35.5. The number of hydrogen-bond donors (Lipinski definition) is 3. The fourth-order valence-corrected chi connectivity index (χ4v) is 4.20. The topological polar surface area (TPSA) is 108 Å². The summed E-state index contributed by atoms with van der Waals surface area (Å²) in [6, 6.07) is 14.8. The van der Waals surface area contributed by atoms with Crippen LogP contribution in [0, 0.1) is 0 Å². The largest absolute Gasteiger partial charge is 0.480 e. The van der Waals surface area contributed by atoms with Gasteiger partial charge in [-0.3, -0.25) is 9.78 Å². The molecule has 2 aromatic heterocycles. The van der Waals surface area contributed by atoms with E-state index in [0.29, 0.717) is 27.4 Å². The molecule has 4 aromatic rings. The number of hydrogen-bond acceptors (Lipinski definition) is 5. The zero-order chi connectivity index (χ0) is 21.8. The SMILES string of the molecule is O=C(N[C@@H](CSc1ccccc1Cl)C(=O)O)c1ccc2nc(-c3ccncc3)[nH]c2c1. The van der Waals surface area contributed by atoms with E-state index in [1.54, 1.807) is 48.8 Å². The van der Waals surface area contributed by atoms with Gasteiger partial charge in [-0.2, -0.15) is 0 Å². The average molecular weight is 453 g/mol. The molecule has 0 aliphatic rings. The Balaban J connectivity index is 1.49. The first-order valence-corrected chi connectivity index (χ1v) is 10.7. The van der Waals surface area contributed by atoms with Gasteiger partial charge in [0.1, 0.15) is 11.9 Å². The number of aromatic amines is 1. The van der Waals surface area contributed by atoms with E-state index in [1.165, 1.54) is 11.8 Å². The number of carboxylic acids is 1. The Morgan fingerprint density at radius 2 is 1.90 bits per heavy atom. The van der Waals surface area contributed by atoms with Crippen molar-refractivity contribution in [2.75, 3.05) is 5.75 Å². The van der Waals surface area contributed by atoms with Gasteiger partial charge in [0.05, 0.1) is 16.1 Å². The normalized spacial score (nSPS) is 11.9. The lowest BCUT2D eigenvalue weighted by molar-refractivity contribution is -0.138. The molecule has 156 valence electrons. The Morgan fingerprint density at radius 3 is 2.65 bits per heavy atom. The van der Waals surface area contributed by atoms with Crippen molar-refractivity contribution in [1.29, 1.82) is 0 Å². The van der Waals surface area contributed by atoms with Crippen LogP contribution >= 0.6 is 23.4 Å². The molecule has 2 heterocycles. The molecular formula is C22H17ClN4O3S. The van der Waals surface area contributed by atoms with E-state index in [0.717, 1.165) is 10.5 Å². The third kappa shape index (κ3) is 4.87. The van der Waals surface area contributed by atoms with Gasteiger partial charge in [-0.25, -0.2) is 9.78 Å². The number of amides is 1. The van der Waals surface area contributed by atoms with Gasteiger partial charge in [0.25, 0.3) is 5.91 Å². The molecule has 0 spiro atoms.